The van der Waals surface area contributed by atoms with Crippen LogP contribution in [0.5, 0.6) is 0 Å². The molecule has 0 aromatic heterocycles. The van der Waals surface area contributed by atoms with Gasteiger partial charge in [0.15, 0.2) is 0 Å². The molecule has 0 bridgehead atoms. The zero-order valence-corrected chi connectivity index (χ0v) is 15.6. The lowest BCUT2D eigenvalue weighted by Crippen LogP contribution is -2.44. The molecule has 25 heavy (non-hydrogen) atoms. The highest BCUT2D eigenvalue weighted by atomic mass is 16.3. The molecule has 1 atom stereocenters. The summed E-state index contributed by atoms with van der Waals surface area (Å²) in [5.41, 5.74) is 1.36. The first-order chi connectivity index (χ1) is 11.9. The maximum absolute atomic E-state index is 12.0. The molecule has 0 fully saturated rings. The van der Waals surface area contributed by atoms with Gasteiger partial charge in [0.25, 0.3) is 0 Å². The van der Waals surface area contributed by atoms with E-state index in [1.807, 2.05) is 12.1 Å². The number of urea groups is 1. The molecule has 1 aliphatic heterocycles. The Morgan fingerprint density at radius 2 is 2.00 bits per heavy atom. The largest absolute Gasteiger partial charge is 0.388 e. The van der Waals surface area contributed by atoms with Gasteiger partial charge in [-0.25, -0.2) is 4.79 Å². The first-order valence-corrected chi connectivity index (χ1v) is 9.09. The zero-order chi connectivity index (χ0) is 18.3. The van der Waals surface area contributed by atoms with E-state index in [1.54, 1.807) is 6.92 Å². The molecule has 2 rings (SSSR count). The standard InChI is InChI=1S/C20H31N3O2/c1-16(2)9-10-20(3,25)15-22-19(24)21-14-17-7-6-8-18(13-17)23-11-4-5-12-23/h4-8,13,16,25H,9-12,14-15H2,1-3H3,(H2,21,22,24). The number of anilines is 1. The molecule has 1 aliphatic rings. The zero-order valence-electron chi connectivity index (χ0n) is 15.6. The van der Waals surface area contributed by atoms with Crippen molar-refractivity contribution in [1.82, 2.24) is 10.6 Å². The normalized spacial score (nSPS) is 16.1. The SMILES string of the molecule is CC(C)CCC(C)(O)CNC(=O)NCc1cccc(N2CC=CC2)c1. The fourth-order valence-corrected chi connectivity index (χ4v) is 2.76. The van der Waals surface area contributed by atoms with Crippen molar-refractivity contribution in [2.45, 2.75) is 45.8 Å². The molecule has 0 saturated heterocycles. The van der Waals surface area contributed by atoms with Crippen LogP contribution in [0.25, 0.3) is 0 Å². The Labute approximate surface area is 151 Å². The molecule has 1 aromatic carbocycles. The van der Waals surface area contributed by atoms with Gasteiger partial charge < -0.3 is 20.6 Å². The highest BCUT2D eigenvalue weighted by Gasteiger charge is 2.21. The van der Waals surface area contributed by atoms with Gasteiger partial charge in [-0.2, -0.15) is 0 Å². The van der Waals surface area contributed by atoms with Gasteiger partial charge in [-0.15, -0.1) is 0 Å². The van der Waals surface area contributed by atoms with Crippen molar-refractivity contribution >= 4 is 11.7 Å². The van der Waals surface area contributed by atoms with E-state index in [4.69, 9.17) is 0 Å². The first-order valence-electron chi connectivity index (χ1n) is 9.09. The fraction of sp³-hybridized carbons (Fsp3) is 0.550. The maximum Gasteiger partial charge on any atom is 0.315 e. The van der Waals surface area contributed by atoms with E-state index < -0.39 is 5.60 Å². The number of benzene rings is 1. The van der Waals surface area contributed by atoms with Crippen molar-refractivity contribution in [2.75, 3.05) is 24.5 Å². The minimum atomic E-state index is -0.871. The number of amides is 2. The van der Waals surface area contributed by atoms with Gasteiger partial charge in [-0.3, -0.25) is 0 Å². The molecule has 138 valence electrons. The second-order valence-electron chi connectivity index (χ2n) is 7.51. The third-order valence-corrected chi connectivity index (χ3v) is 4.44. The van der Waals surface area contributed by atoms with Crippen LogP contribution in [0.15, 0.2) is 36.4 Å². The van der Waals surface area contributed by atoms with Crippen LogP contribution in [-0.2, 0) is 6.54 Å². The molecule has 5 heteroatoms. The smallest absolute Gasteiger partial charge is 0.315 e. The van der Waals surface area contributed by atoms with E-state index in [0.29, 0.717) is 18.9 Å². The summed E-state index contributed by atoms with van der Waals surface area (Å²) in [7, 11) is 0. The number of nitrogens with one attached hydrogen (secondary N) is 2. The van der Waals surface area contributed by atoms with E-state index >= 15 is 0 Å². The van der Waals surface area contributed by atoms with E-state index in [1.165, 1.54) is 5.69 Å². The van der Waals surface area contributed by atoms with Crippen LogP contribution in [0.2, 0.25) is 0 Å². The number of hydrogen-bond donors (Lipinski definition) is 3. The number of rotatable bonds is 8. The summed E-state index contributed by atoms with van der Waals surface area (Å²) in [6.45, 7) is 8.61. The van der Waals surface area contributed by atoms with Crippen LogP contribution in [0.1, 0.15) is 39.2 Å². The van der Waals surface area contributed by atoms with E-state index in [2.05, 4.69) is 53.7 Å². The van der Waals surface area contributed by atoms with Crippen LogP contribution in [0.3, 0.4) is 0 Å². The molecular weight excluding hydrogens is 314 g/mol. The first kappa shape index (κ1) is 19.3. The Balaban J connectivity index is 1.75. The molecule has 1 aromatic rings. The van der Waals surface area contributed by atoms with E-state index in [0.717, 1.165) is 25.1 Å². The molecular formula is C20H31N3O2. The van der Waals surface area contributed by atoms with E-state index in [-0.39, 0.29) is 12.6 Å². The van der Waals surface area contributed by atoms with Crippen molar-refractivity contribution in [3.8, 4) is 0 Å². The summed E-state index contributed by atoms with van der Waals surface area (Å²) in [6, 6.07) is 7.96. The van der Waals surface area contributed by atoms with Crippen molar-refractivity contribution in [2.24, 2.45) is 5.92 Å². The molecule has 2 amide bonds. The molecule has 0 spiro atoms. The van der Waals surface area contributed by atoms with Gasteiger partial charge in [-0.05, 0) is 43.4 Å². The summed E-state index contributed by atoms with van der Waals surface area (Å²) >= 11 is 0. The van der Waals surface area contributed by atoms with Gasteiger partial charge in [0.2, 0.25) is 0 Å². The Morgan fingerprint density at radius 3 is 2.68 bits per heavy atom. The quantitative estimate of drug-likeness (QED) is 0.635. The summed E-state index contributed by atoms with van der Waals surface area (Å²) in [6.07, 6.45) is 5.93. The lowest BCUT2D eigenvalue weighted by atomic mass is 9.95. The lowest BCUT2D eigenvalue weighted by Gasteiger charge is -2.24. The lowest BCUT2D eigenvalue weighted by molar-refractivity contribution is 0.0476. The Kier molecular flexibility index (Phi) is 6.88. The highest BCUT2D eigenvalue weighted by Crippen LogP contribution is 2.18. The molecule has 0 aliphatic carbocycles. The average molecular weight is 345 g/mol. The predicted molar refractivity (Wildman–Crippen MR) is 103 cm³/mol. The second-order valence-corrected chi connectivity index (χ2v) is 7.51. The maximum atomic E-state index is 12.0. The Hall–Kier alpha value is -2.01. The number of carbonyl (C=O) groups is 1. The summed E-state index contributed by atoms with van der Waals surface area (Å²) < 4.78 is 0. The minimum absolute atomic E-state index is 0.252. The van der Waals surface area contributed by atoms with Crippen molar-refractivity contribution in [1.29, 1.82) is 0 Å². The molecule has 5 nitrogen and oxygen atoms in total. The Bertz CT molecular complexity index is 588. The summed E-state index contributed by atoms with van der Waals surface area (Å²) in [4.78, 5) is 14.3. The van der Waals surface area contributed by atoms with Crippen molar-refractivity contribution in [3.05, 3.63) is 42.0 Å². The number of hydrogen-bond acceptors (Lipinski definition) is 3. The Morgan fingerprint density at radius 1 is 1.28 bits per heavy atom. The summed E-state index contributed by atoms with van der Waals surface area (Å²) in [5.74, 6) is 0.540. The van der Waals surface area contributed by atoms with E-state index in [9.17, 15) is 9.90 Å². The van der Waals surface area contributed by atoms with Crippen LogP contribution in [0, 0.1) is 5.92 Å². The second kappa shape index (κ2) is 8.90. The van der Waals surface area contributed by atoms with Crippen LogP contribution >= 0.6 is 0 Å². The van der Waals surface area contributed by atoms with Crippen molar-refractivity contribution in [3.63, 3.8) is 0 Å². The van der Waals surface area contributed by atoms with Gasteiger partial charge >= 0.3 is 6.03 Å². The van der Waals surface area contributed by atoms with Gasteiger partial charge in [-0.1, -0.05) is 38.1 Å². The van der Waals surface area contributed by atoms with Crippen LogP contribution in [-0.4, -0.2) is 36.4 Å². The average Bonchev–Trinajstić information content (AvgIpc) is 3.11. The van der Waals surface area contributed by atoms with Gasteiger partial charge in [0.1, 0.15) is 0 Å². The predicted octanol–water partition coefficient (Wildman–Crippen LogP) is 3.05. The molecule has 0 radical (unpaired) electrons. The van der Waals surface area contributed by atoms with Gasteiger partial charge in [0.05, 0.1) is 5.60 Å². The fourth-order valence-electron chi connectivity index (χ4n) is 2.76. The molecule has 0 saturated carbocycles. The molecule has 1 unspecified atom stereocenters. The monoisotopic (exact) mass is 345 g/mol. The topological polar surface area (TPSA) is 64.6 Å². The van der Waals surface area contributed by atoms with Crippen molar-refractivity contribution < 1.29 is 9.90 Å². The number of carbonyl (C=O) groups excluding carboxylic acids is 1. The minimum Gasteiger partial charge on any atom is -0.388 e. The number of nitrogens with zero attached hydrogens (tertiary/aromatic N) is 1. The number of aliphatic hydroxyl groups is 1. The van der Waals surface area contributed by atoms with Crippen LogP contribution < -0.4 is 15.5 Å². The third kappa shape index (κ3) is 6.78. The molecule has 1 heterocycles. The van der Waals surface area contributed by atoms with Crippen LogP contribution in [0.4, 0.5) is 10.5 Å². The third-order valence-electron chi connectivity index (χ3n) is 4.44. The van der Waals surface area contributed by atoms with Gasteiger partial charge in [0, 0.05) is 31.9 Å². The molecule has 3 N–H and O–H groups in total. The summed E-state index contributed by atoms with van der Waals surface area (Å²) in [5, 5.41) is 15.9. The highest BCUT2D eigenvalue weighted by molar-refractivity contribution is 5.74.